The number of piperazine rings is 1. The number of nitrogens with one attached hydrogen (secondary N) is 1. The number of carbonyl (C=O) groups is 1. The third-order valence-electron chi connectivity index (χ3n) is 5.10. The minimum Gasteiger partial charge on any atom is -0.340 e. The van der Waals surface area contributed by atoms with Crippen molar-refractivity contribution >= 4 is 15.9 Å². The van der Waals surface area contributed by atoms with Gasteiger partial charge in [0.05, 0.1) is 4.90 Å². The van der Waals surface area contributed by atoms with Crippen molar-refractivity contribution in [2.45, 2.75) is 39.5 Å². The third-order valence-corrected chi connectivity index (χ3v) is 6.84. The monoisotopic (exact) mass is 367 g/mol. The van der Waals surface area contributed by atoms with Crippen LogP contribution in [-0.2, 0) is 14.8 Å². The smallest absolute Gasteiger partial charge is 0.241 e. The summed E-state index contributed by atoms with van der Waals surface area (Å²) in [4.78, 5) is 15.8. The van der Waals surface area contributed by atoms with E-state index in [2.05, 4.69) is 9.62 Å². The quantitative estimate of drug-likeness (QED) is 0.853. The molecule has 0 bridgehead atoms. The van der Waals surface area contributed by atoms with Crippen molar-refractivity contribution in [1.29, 1.82) is 0 Å². The molecule has 1 aromatic carbocycles. The van der Waals surface area contributed by atoms with Gasteiger partial charge in [-0.05, 0) is 49.9 Å². The molecular weight excluding hydrogens is 338 g/mol. The molecule has 7 heteroatoms. The average Bonchev–Trinajstić information content (AvgIpc) is 2.53. The Labute approximate surface area is 151 Å². The summed E-state index contributed by atoms with van der Waals surface area (Å²) >= 11 is 0. The van der Waals surface area contributed by atoms with Crippen molar-refractivity contribution in [3.63, 3.8) is 0 Å². The summed E-state index contributed by atoms with van der Waals surface area (Å²) in [5.41, 5.74) is 3.60. The zero-order valence-corrected chi connectivity index (χ0v) is 16.7. The lowest BCUT2D eigenvalue weighted by atomic mass is 10.0. The number of amides is 1. The van der Waals surface area contributed by atoms with Gasteiger partial charge in [-0.3, -0.25) is 9.69 Å². The highest BCUT2D eigenvalue weighted by Gasteiger charge is 2.23. The second-order valence-electron chi connectivity index (χ2n) is 6.83. The molecule has 0 aliphatic carbocycles. The van der Waals surface area contributed by atoms with Gasteiger partial charge in [0.15, 0.2) is 0 Å². The van der Waals surface area contributed by atoms with Crippen molar-refractivity contribution in [1.82, 2.24) is 14.5 Å². The van der Waals surface area contributed by atoms with Gasteiger partial charge in [-0.2, -0.15) is 0 Å². The molecule has 0 saturated carbocycles. The Balaban J connectivity index is 1.99. The maximum absolute atomic E-state index is 12.8. The molecule has 1 aromatic rings. The van der Waals surface area contributed by atoms with Crippen molar-refractivity contribution in [2.24, 2.45) is 0 Å². The predicted molar refractivity (Wildman–Crippen MR) is 99.3 cm³/mol. The predicted octanol–water partition coefficient (Wildman–Crippen LogP) is 1.36. The molecule has 0 aromatic heterocycles. The van der Waals surface area contributed by atoms with Crippen molar-refractivity contribution in [3.8, 4) is 0 Å². The first-order valence-electron chi connectivity index (χ1n) is 8.68. The van der Waals surface area contributed by atoms with E-state index in [9.17, 15) is 13.2 Å². The average molecular weight is 368 g/mol. The van der Waals surface area contributed by atoms with E-state index in [0.29, 0.717) is 31.1 Å². The van der Waals surface area contributed by atoms with Crippen LogP contribution in [0.3, 0.4) is 0 Å². The van der Waals surface area contributed by atoms with Crippen molar-refractivity contribution in [3.05, 3.63) is 28.3 Å². The van der Waals surface area contributed by atoms with Gasteiger partial charge in [0.25, 0.3) is 0 Å². The van der Waals surface area contributed by atoms with E-state index in [4.69, 9.17) is 0 Å². The summed E-state index contributed by atoms with van der Waals surface area (Å²) in [5, 5.41) is 0. The molecule has 25 heavy (non-hydrogen) atoms. The lowest BCUT2D eigenvalue weighted by Crippen LogP contribution is -2.49. The van der Waals surface area contributed by atoms with Crippen LogP contribution in [0.1, 0.15) is 29.2 Å². The summed E-state index contributed by atoms with van der Waals surface area (Å²) in [7, 11) is -3.53. The molecular formula is C18H29N3O3S. The van der Waals surface area contributed by atoms with Crippen LogP contribution in [0, 0.1) is 27.7 Å². The van der Waals surface area contributed by atoms with Crippen molar-refractivity contribution < 1.29 is 13.2 Å². The first-order valence-corrected chi connectivity index (χ1v) is 10.2. The van der Waals surface area contributed by atoms with Gasteiger partial charge in [0, 0.05) is 46.2 Å². The largest absolute Gasteiger partial charge is 0.340 e. The molecule has 1 saturated heterocycles. The van der Waals surface area contributed by atoms with Gasteiger partial charge < -0.3 is 4.90 Å². The van der Waals surface area contributed by atoms with E-state index in [-0.39, 0.29) is 5.91 Å². The van der Waals surface area contributed by atoms with Crippen LogP contribution in [0.2, 0.25) is 0 Å². The van der Waals surface area contributed by atoms with Crippen LogP contribution in [0.5, 0.6) is 0 Å². The summed E-state index contributed by atoms with van der Waals surface area (Å²) in [6.45, 7) is 13.2. The lowest BCUT2D eigenvalue weighted by Gasteiger charge is -2.34. The Morgan fingerprint density at radius 2 is 1.56 bits per heavy atom. The number of carbonyl (C=O) groups excluding carboxylic acids is 1. The minimum absolute atomic E-state index is 0.0983. The fourth-order valence-corrected chi connectivity index (χ4v) is 4.91. The van der Waals surface area contributed by atoms with Gasteiger partial charge in [0.1, 0.15) is 0 Å². The number of sulfonamides is 1. The molecule has 0 radical (unpaired) electrons. The SMILES string of the molecule is CC(=O)N1CCN(CCNS(=O)(=O)c2c(C)c(C)cc(C)c2C)CC1. The molecule has 1 N–H and O–H groups in total. The second kappa shape index (κ2) is 7.85. The molecule has 1 fully saturated rings. The molecule has 6 nitrogen and oxygen atoms in total. The third kappa shape index (κ3) is 4.59. The maximum Gasteiger partial charge on any atom is 0.241 e. The Kier molecular flexibility index (Phi) is 6.24. The normalized spacial score (nSPS) is 16.3. The van der Waals surface area contributed by atoms with Gasteiger partial charge in [-0.1, -0.05) is 6.07 Å². The number of rotatable bonds is 5. The van der Waals surface area contributed by atoms with Crippen LogP contribution < -0.4 is 4.72 Å². The number of benzene rings is 1. The molecule has 140 valence electrons. The molecule has 0 spiro atoms. The topological polar surface area (TPSA) is 69.7 Å². The zero-order chi connectivity index (χ0) is 18.8. The molecule has 1 aliphatic heterocycles. The molecule has 0 unspecified atom stereocenters. The van der Waals surface area contributed by atoms with Crippen LogP contribution in [-0.4, -0.2) is 63.4 Å². The highest BCUT2D eigenvalue weighted by Crippen LogP contribution is 2.25. The van der Waals surface area contributed by atoms with Crippen LogP contribution in [0.4, 0.5) is 0 Å². The fraction of sp³-hybridized carbons (Fsp3) is 0.611. The summed E-state index contributed by atoms with van der Waals surface area (Å²) in [6.07, 6.45) is 0. The van der Waals surface area contributed by atoms with Crippen LogP contribution in [0.15, 0.2) is 11.0 Å². The van der Waals surface area contributed by atoms with Gasteiger partial charge in [-0.25, -0.2) is 13.1 Å². The van der Waals surface area contributed by atoms with E-state index < -0.39 is 10.0 Å². The summed E-state index contributed by atoms with van der Waals surface area (Å²) in [6, 6.07) is 2.03. The highest BCUT2D eigenvalue weighted by molar-refractivity contribution is 7.89. The number of hydrogen-bond donors (Lipinski definition) is 1. The van der Waals surface area contributed by atoms with Gasteiger partial charge in [0.2, 0.25) is 15.9 Å². The molecule has 1 amide bonds. The Bertz CT molecular complexity index is 725. The zero-order valence-electron chi connectivity index (χ0n) is 15.8. The lowest BCUT2D eigenvalue weighted by molar-refractivity contribution is -0.130. The van der Waals surface area contributed by atoms with E-state index in [1.54, 1.807) is 6.92 Å². The van der Waals surface area contributed by atoms with E-state index in [1.807, 2.05) is 38.7 Å². The fourth-order valence-electron chi connectivity index (χ4n) is 3.28. The van der Waals surface area contributed by atoms with Crippen LogP contribution >= 0.6 is 0 Å². The van der Waals surface area contributed by atoms with Gasteiger partial charge in [-0.15, -0.1) is 0 Å². The minimum atomic E-state index is -3.53. The Morgan fingerprint density at radius 1 is 1.04 bits per heavy atom. The molecule has 0 atom stereocenters. The molecule has 2 rings (SSSR count). The van der Waals surface area contributed by atoms with E-state index in [0.717, 1.165) is 35.3 Å². The number of aryl methyl sites for hydroxylation is 2. The number of hydrogen-bond acceptors (Lipinski definition) is 4. The first-order chi connectivity index (χ1) is 11.6. The Morgan fingerprint density at radius 3 is 2.04 bits per heavy atom. The van der Waals surface area contributed by atoms with Crippen LogP contribution in [0.25, 0.3) is 0 Å². The van der Waals surface area contributed by atoms with E-state index in [1.165, 1.54) is 0 Å². The summed E-state index contributed by atoms with van der Waals surface area (Å²) < 4.78 is 28.3. The number of nitrogens with zero attached hydrogens (tertiary/aromatic N) is 2. The Hall–Kier alpha value is -1.44. The first kappa shape index (κ1) is 19.9. The maximum atomic E-state index is 12.8. The molecule has 1 heterocycles. The standard InChI is InChI=1S/C18H29N3O3S/c1-13-12-14(2)16(4)18(15(13)3)25(23,24)19-6-7-20-8-10-21(11-9-20)17(5)22/h12,19H,6-11H2,1-5H3. The van der Waals surface area contributed by atoms with Crippen molar-refractivity contribution in [2.75, 3.05) is 39.3 Å². The highest BCUT2D eigenvalue weighted by atomic mass is 32.2. The van der Waals surface area contributed by atoms with E-state index >= 15 is 0 Å². The second-order valence-corrected chi connectivity index (χ2v) is 8.54. The molecule has 1 aliphatic rings. The van der Waals surface area contributed by atoms with Gasteiger partial charge >= 0.3 is 0 Å². The summed E-state index contributed by atoms with van der Waals surface area (Å²) in [5.74, 6) is 0.0983.